The van der Waals surface area contributed by atoms with Crippen LogP contribution >= 0.6 is 0 Å². The maximum absolute atomic E-state index is 8.82. The number of aliphatic hydroxyl groups excluding tert-OH is 1. The summed E-state index contributed by atoms with van der Waals surface area (Å²) in [5.41, 5.74) is 0. The minimum Gasteiger partial charge on any atom is -0.395 e. The van der Waals surface area contributed by atoms with Crippen LogP contribution in [0.25, 0.3) is 0 Å². The molecule has 1 aliphatic carbocycles. The van der Waals surface area contributed by atoms with E-state index in [1.807, 2.05) is 0 Å². The lowest BCUT2D eigenvalue weighted by Crippen LogP contribution is -2.36. The van der Waals surface area contributed by atoms with Gasteiger partial charge >= 0.3 is 0 Å². The van der Waals surface area contributed by atoms with Crippen molar-refractivity contribution in [2.45, 2.75) is 31.3 Å². The van der Waals surface area contributed by atoms with E-state index in [-0.39, 0.29) is 0 Å². The van der Waals surface area contributed by atoms with Crippen molar-refractivity contribution in [3.05, 3.63) is 0 Å². The van der Waals surface area contributed by atoms with Crippen molar-refractivity contribution < 1.29 is 5.11 Å². The molecule has 1 atom stereocenters. The number of nitrogens with zero attached hydrogens (tertiary/aromatic N) is 2. The Morgan fingerprint density at radius 1 is 1.31 bits per heavy atom. The lowest BCUT2D eigenvalue weighted by molar-refractivity contribution is 0.195. The second kappa shape index (κ2) is 3.95. The van der Waals surface area contributed by atoms with Crippen LogP contribution in [0.4, 0.5) is 0 Å². The van der Waals surface area contributed by atoms with Crippen molar-refractivity contribution in [2.75, 3.05) is 33.3 Å². The van der Waals surface area contributed by atoms with Crippen molar-refractivity contribution in [1.29, 1.82) is 0 Å². The molecule has 0 bridgehead atoms. The van der Waals surface area contributed by atoms with Gasteiger partial charge in [-0.2, -0.15) is 0 Å². The molecule has 13 heavy (non-hydrogen) atoms. The van der Waals surface area contributed by atoms with Crippen LogP contribution in [0, 0.1) is 0 Å². The van der Waals surface area contributed by atoms with Crippen molar-refractivity contribution in [3.63, 3.8) is 0 Å². The van der Waals surface area contributed by atoms with E-state index in [1.54, 1.807) is 0 Å². The highest BCUT2D eigenvalue weighted by Crippen LogP contribution is 2.29. The van der Waals surface area contributed by atoms with Gasteiger partial charge in [0.1, 0.15) is 0 Å². The van der Waals surface area contributed by atoms with Gasteiger partial charge in [-0.1, -0.05) is 0 Å². The molecule has 3 nitrogen and oxygen atoms in total. The van der Waals surface area contributed by atoms with Gasteiger partial charge in [0.2, 0.25) is 0 Å². The van der Waals surface area contributed by atoms with Gasteiger partial charge in [-0.15, -0.1) is 0 Å². The Balaban J connectivity index is 1.76. The van der Waals surface area contributed by atoms with E-state index >= 15 is 0 Å². The topological polar surface area (TPSA) is 26.7 Å². The molecular weight excluding hydrogens is 164 g/mol. The molecule has 0 aromatic rings. The van der Waals surface area contributed by atoms with E-state index in [1.165, 1.54) is 25.8 Å². The van der Waals surface area contributed by atoms with Gasteiger partial charge in [-0.05, 0) is 32.9 Å². The van der Waals surface area contributed by atoms with Gasteiger partial charge in [-0.25, -0.2) is 0 Å². The molecule has 1 saturated heterocycles. The van der Waals surface area contributed by atoms with Crippen LogP contribution in [-0.2, 0) is 0 Å². The Bertz CT molecular complexity index is 170. The molecule has 1 unspecified atom stereocenters. The molecule has 1 saturated carbocycles. The maximum Gasteiger partial charge on any atom is 0.0558 e. The number of β-amino-alcohol motifs (C(OH)–C–C–N with tert-alkyl or cyclic N) is 1. The molecule has 0 radical (unpaired) electrons. The first-order chi connectivity index (χ1) is 6.31. The van der Waals surface area contributed by atoms with Gasteiger partial charge in [0.05, 0.1) is 6.61 Å². The third-order valence-corrected chi connectivity index (χ3v) is 3.36. The second-order valence-corrected chi connectivity index (χ2v) is 4.36. The van der Waals surface area contributed by atoms with Crippen LogP contribution in [-0.4, -0.2) is 60.3 Å². The summed E-state index contributed by atoms with van der Waals surface area (Å²) in [5.74, 6) is 0. The van der Waals surface area contributed by atoms with Crippen LogP contribution in [0.5, 0.6) is 0 Å². The number of likely N-dealkylation sites (N-methyl/N-ethyl adjacent to an activating group) is 1. The molecule has 1 aliphatic heterocycles. The zero-order valence-corrected chi connectivity index (χ0v) is 8.45. The predicted octanol–water partition coefficient (Wildman–Crippen LogP) is 0.147. The number of rotatable bonds is 4. The number of aliphatic hydroxyl groups is 1. The largest absolute Gasteiger partial charge is 0.395 e. The van der Waals surface area contributed by atoms with Crippen molar-refractivity contribution in [2.24, 2.45) is 0 Å². The Labute approximate surface area is 80.3 Å². The first-order valence-electron chi connectivity index (χ1n) is 5.36. The van der Waals surface area contributed by atoms with Crippen LogP contribution in [0.1, 0.15) is 19.3 Å². The Hall–Kier alpha value is -0.120. The van der Waals surface area contributed by atoms with E-state index in [4.69, 9.17) is 5.11 Å². The molecule has 0 aromatic carbocycles. The SMILES string of the molecule is CN(C1CC1)C1CCN(CCO)C1. The minimum atomic E-state index is 0.305. The highest BCUT2D eigenvalue weighted by Gasteiger charge is 2.34. The summed E-state index contributed by atoms with van der Waals surface area (Å²) in [5, 5.41) is 8.82. The lowest BCUT2D eigenvalue weighted by Gasteiger charge is -2.24. The maximum atomic E-state index is 8.82. The van der Waals surface area contributed by atoms with Gasteiger partial charge in [0, 0.05) is 25.2 Å². The summed E-state index contributed by atoms with van der Waals surface area (Å²) in [6, 6.07) is 1.62. The fourth-order valence-corrected chi connectivity index (χ4v) is 2.27. The minimum absolute atomic E-state index is 0.305. The standard InChI is InChI=1S/C10H20N2O/c1-11(9-2-3-9)10-4-5-12(8-10)6-7-13/h9-10,13H,2-8H2,1H3. The number of hydrogen-bond acceptors (Lipinski definition) is 3. The average Bonchev–Trinajstić information content (AvgIpc) is 2.87. The molecule has 2 fully saturated rings. The summed E-state index contributed by atoms with van der Waals surface area (Å²) in [4.78, 5) is 4.90. The van der Waals surface area contributed by atoms with Crippen LogP contribution in [0.15, 0.2) is 0 Å². The highest BCUT2D eigenvalue weighted by molar-refractivity contribution is 4.90. The third-order valence-electron chi connectivity index (χ3n) is 3.36. The number of likely N-dealkylation sites (tertiary alicyclic amines) is 1. The second-order valence-electron chi connectivity index (χ2n) is 4.36. The smallest absolute Gasteiger partial charge is 0.0558 e. The third kappa shape index (κ3) is 2.22. The fraction of sp³-hybridized carbons (Fsp3) is 1.00. The Morgan fingerprint density at radius 2 is 2.08 bits per heavy atom. The summed E-state index contributed by atoms with van der Waals surface area (Å²) in [7, 11) is 2.25. The summed E-state index contributed by atoms with van der Waals surface area (Å²) in [6.07, 6.45) is 4.08. The van der Waals surface area contributed by atoms with Gasteiger partial charge < -0.3 is 5.11 Å². The quantitative estimate of drug-likeness (QED) is 0.673. The molecule has 1 N–H and O–H groups in total. The fourth-order valence-electron chi connectivity index (χ4n) is 2.27. The van der Waals surface area contributed by atoms with Gasteiger partial charge in [0.25, 0.3) is 0 Å². The van der Waals surface area contributed by atoms with E-state index < -0.39 is 0 Å². The lowest BCUT2D eigenvalue weighted by atomic mass is 10.2. The molecule has 3 heteroatoms. The first kappa shape index (κ1) is 9.44. The summed E-state index contributed by atoms with van der Waals surface area (Å²) >= 11 is 0. The van der Waals surface area contributed by atoms with Crippen molar-refractivity contribution in [3.8, 4) is 0 Å². The zero-order chi connectivity index (χ0) is 9.26. The highest BCUT2D eigenvalue weighted by atomic mass is 16.3. The van der Waals surface area contributed by atoms with Gasteiger partial charge in [-0.3, -0.25) is 9.80 Å². The Kier molecular flexibility index (Phi) is 2.86. The monoisotopic (exact) mass is 184 g/mol. The van der Waals surface area contributed by atoms with E-state index in [2.05, 4.69) is 16.8 Å². The average molecular weight is 184 g/mol. The Morgan fingerprint density at radius 3 is 2.69 bits per heavy atom. The summed E-state index contributed by atoms with van der Waals surface area (Å²) in [6.45, 7) is 3.49. The molecule has 0 spiro atoms. The molecule has 76 valence electrons. The number of hydrogen-bond donors (Lipinski definition) is 1. The molecule has 1 heterocycles. The first-order valence-corrected chi connectivity index (χ1v) is 5.36. The molecule has 0 aromatic heterocycles. The van der Waals surface area contributed by atoms with Gasteiger partial charge in [0.15, 0.2) is 0 Å². The zero-order valence-electron chi connectivity index (χ0n) is 8.45. The molecule has 0 amide bonds. The van der Waals surface area contributed by atoms with Crippen LogP contribution in [0.2, 0.25) is 0 Å². The van der Waals surface area contributed by atoms with Crippen LogP contribution in [0.3, 0.4) is 0 Å². The summed E-state index contributed by atoms with van der Waals surface area (Å²) < 4.78 is 0. The van der Waals surface area contributed by atoms with Crippen molar-refractivity contribution >= 4 is 0 Å². The van der Waals surface area contributed by atoms with E-state index in [0.717, 1.165) is 25.2 Å². The predicted molar refractivity (Wildman–Crippen MR) is 52.7 cm³/mol. The normalized spacial score (nSPS) is 30.2. The van der Waals surface area contributed by atoms with Crippen LogP contribution < -0.4 is 0 Å². The molecule has 2 rings (SSSR count). The van der Waals surface area contributed by atoms with E-state index in [9.17, 15) is 0 Å². The van der Waals surface area contributed by atoms with E-state index in [0.29, 0.717) is 6.61 Å². The van der Waals surface area contributed by atoms with Crippen molar-refractivity contribution in [1.82, 2.24) is 9.80 Å². The molecule has 2 aliphatic rings. The molecular formula is C10H20N2O.